The van der Waals surface area contributed by atoms with E-state index in [-0.39, 0.29) is 5.91 Å². The van der Waals surface area contributed by atoms with Crippen LogP contribution in [0.4, 0.5) is 5.82 Å². The van der Waals surface area contributed by atoms with E-state index in [1.807, 2.05) is 0 Å². The molecule has 17 heavy (non-hydrogen) atoms. The topological polar surface area (TPSA) is 67.2 Å². The Balaban J connectivity index is 2.05. The molecule has 0 spiro atoms. The van der Waals surface area contributed by atoms with E-state index in [4.69, 9.17) is 4.52 Å². The molecule has 1 aromatic rings. The number of unbranched alkanes of at least 4 members (excludes halogenated alkanes) is 2. The van der Waals surface area contributed by atoms with Gasteiger partial charge in [0, 0.05) is 19.0 Å². The Morgan fingerprint density at radius 2 is 2.24 bits per heavy atom. The Hall–Kier alpha value is -1.36. The fourth-order valence-corrected chi connectivity index (χ4v) is 1.46. The van der Waals surface area contributed by atoms with Crippen molar-refractivity contribution in [2.45, 2.75) is 39.5 Å². The molecule has 0 saturated carbocycles. The average molecular weight is 239 g/mol. The molecule has 2 N–H and O–H groups in total. The van der Waals surface area contributed by atoms with Gasteiger partial charge in [-0.1, -0.05) is 24.9 Å². The minimum atomic E-state index is -0.0405. The van der Waals surface area contributed by atoms with E-state index < -0.39 is 0 Å². The molecular formula is C12H21N3O2. The van der Waals surface area contributed by atoms with Crippen molar-refractivity contribution in [3.63, 3.8) is 0 Å². The van der Waals surface area contributed by atoms with Crippen LogP contribution >= 0.6 is 0 Å². The minimum Gasteiger partial charge on any atom is -0.360 e. The number of hydrogen-bond donors (Lipinski definition) is 2. The highest BCUT2D eigenvalue weighted by Gasteiger charge is 2.05. The molecule has 0 aliphatic carbocycles. The lowest BCUT2D eigenvalue weighted by Crippen LogP contribution is -2.22. The highest BCUT2D eigenvalue weighted by molar-refractivity contribution is 5.89. The summed E-state index contributed by atoms with van der Waals surface area (Å²) in [4.78, 5) is 11.5. The predicted octanol–water partition coefficient (Wildman–Crippen LogP) is 2.09. The summed E-state index contributed by atoms with van der Waals surface area (Å²) < 4.78 is 4.85. The summed E-state index contributed by atoms with van der Waals surface area (Å²) in [6, 6.07) is 1.70. The van der Waals surface area contributed by atoms with Gasteiger partial charge >= 0.3 is 0 Å². The van der Waals surface area contributed by atoms with E-state index in [1.54, 1.807) is 13.0 Å². The zero-order chi connectivity index (χ0) is 12.5. The lowest BCUT2D eigenvalue weighted by Gasteiger charge is -2.03. The second kappa shape index (κ2) is 7.84. The number of carbonyl (C=O) groups is 1. The highest BCUT2D eigenvalue weighted by atomic mass is 16.5. The maximum Gasteiger partial charge on any atom is 0.226 e. The SMILES string of the molecule is CCCCCNCCC(=O)Nc1cc(C)on1. The van der Waals surface area contributed by atoms with Gasteiger partial charge in [0.1, 0.15) is 5.76 Å². The average Bonchev–Trinajstić information content (AvgIpc) is 2.69. The zero-order valence-corrected chi connectivity index (χ0v) is 10.6. The Morgan fingerprint density at radius 1 is 1.41 bits per heavy atom. The molecule has 1 heterocycles. The molecule has 0 aliphatic rings. The monoisotopic (exact) mass is 239 g/mol. The lowest BCUT2D eigenvalue weighted by molar-refractivity contribution is -0.116. The van der Waals surface area contributed by atoms with Crippen LogP contribution in [0.25, 0.3) is 0 Å². The third-order valence-corrected chi connectivity index (χ3v) is 2.38. The Morgan fingerprint density at radius 3 is 2.88 bits per heavy atom. The highest BCUT2D eigenvalue weighted by Crippen LogP contribution is 2.06. The van der Waals surface area contributed by atoms with Crippen LogP contribution < -0.4 is 10.6 Å². The Labute approximate surface area is 102 Å². The zero-order valence-electron chi connectivity index (χ0n) is 10.6. The van der Waals surface area contributed by atoms with Crippen molar-refractivity contribution in [2.75, 3.05) is 18.4 Å². The molecule has 0 fully saturated rings. The van der Waals surface area contributed by atoms with Gasteiger partial charge in [-0.2, -0.15) is 0 Å². The summed E-state index contributed by atoms with van der Waals surface area (Å²) in [6.07, 6.45) is 4.07. The van der Waals surface area contributed by atoms with Gasteiger partial charge in [0.25, 0.3) is 0 Å². The van der Waals surface area contributed by atoms with Crippen molar-refractivity contribution in [3.05, 3.63) is 11.8 Å². The number of rotatable bonds is 8. The fourth-order valence-electron chi connectivity index (χ4n) is 1.46. The quantitative estimate of drug-likeness (QED) is 0.682. The van der Waals surface area contributed by atoms with Gasteiger partial charge in [0.15, 0.2) is 5.82 Å². The Bertz CT molecular complexity index is 336. The van der Waals surface area contributed by atoms with Crippen LogP contribution in [-0.4, -0.2) is 24.2 Å². The minimum absolute atomic E-state index is 0.0405. The maximum atomic E-state index is 11.5. The molecule has 1 rings (SSSR count). The van der Waals surface area contributed by atoms with E-state index in [0.717, 1.165) is 6.54 Å². The van der Waals surface area contributed by atoms with Gasteiger partial charge in [-0.15, -0.1) is 0 Å². The van der Waals surface area contributed by atoms with Crippen LogP contribution in [0.3, 0.4) is 0 Å². The van der Waals surface area contributed by atoms with Crippen LogP contribution in [0.1, 0.15) is 38.4 Å². The largest absolute Gasteiger partial charge is 0.360 e. The first kappa shape index (κ1) is 13.7. The third kappa shape index (κ3) is 6.06. The first-order valence-electron chi connectivity index (χ1n) is 6.16. The second-order valence-corrected chi connectivity index (χ2v) is 4.08. The van der Waals surface area contributed by atoms with Gasteiger partial charge in [-0.3, -0.25) is 4.79 Å². The molecule has 0 radical (unpaired) electrons. The number of anilines is 1. The van der Waals surface area contributed by atoms with Crippen molar-refractivity contribution in [1.82, 2.24) is 10.5 Å². The van der Waals surface area contributed by atoms with Gasteiger partial charge in [0.2, 0.25) is 5.91 Å². The molecule has 5 heteroatoms. The van der Waals surface area contributed by atoms with Crippen LogP contribution in [0.2, 0.25) is 0 Å². The van der Waals surface area contributed by atoms with Gasteiger partial charge in [-0.25, -0.2) is 0 Å². The van der Waals surface area contributed by atoms with Gasteiger partial charge in [-0.05, 0) is 19.9 Å². The Kier molecular flexibility index (Phi) is 6.32. The van der Waals surface area contributed by atoms with Gasteiger partial charge < -0.3 is 15.2 Å². The molecule has 0 bridgehead atoms. The molecule has 0 aliphatic heterocycles. The van der Waals surface area contributed by atoms with E-state index in [9.17, 15) is 4.79 Å². The van der Waals surface area contributed by atoms with Crippen molar-refractivity contribution in [1.29, 1.82) is 0 Å². The number of nitrogens with zero attached hydrogens (tertiary/aromatic N) is 1. The van der Waals surface area contributed by atoms with Crippen molar-refractivity contribution in [2.24, 2.45) is 0 Å². The summed E-state index contributed by atoms with van der Waals surface area (Å²) >= 11 is 0. The van der Waals surface area contributed by atoms with Crippen molar-refractivity contribution < 1.29 is 9.32 Å². The van der Waals surface area contributed by atoms with E-state index >= 15 is 0 Å². The lowest BCUT2D eigenvalue weighted by atomic mass is 10.2. The third-order valence-electron chi connectivity index (χ3n) is 2.38. The molecule has 0 saturated heterocycles. The number of nitrogens with one attached hydrogen (secondary N) is 2. The standard InChI is InChI=1S/C12H21N3O2/c1-3-4-5-7-13-8-6-12(16)14-11-9-10(2)17-15-11/h9,13H,3-8H2,1-2H3,(H,14,15,16). The van der Waals surface area contributed by atoms with Crippen LogP contribution in [-0.2, 0) is 4.79 Å². The number of aryl methyl sites for hydroxylation is 1. The van der Waals surface area contributed by atoms with E-state index in [0.29, 0.717) is 24.5 Å². The summed E-state index contributed by atoms with van der Waals surface area (Å²) in [5, 5.41) is 9.62. The van der Waals surface area contributed by atoms with Gasteiger partial charge in [0.05, 0.1) is 0 Å². The molecule has 0 unspecified atom stereocenters. The van der Waals surface area contributed by atoms with Crippen LogP contribution in [0, 0.1) is 6.92 Å². The summed E-state index contributed by atoms with van der Waals surface area (Å²) in [5.74, 6) is 1.14. The smallest absolute Gasteiger partial charge is 0.226 e. The van der Waals surface area contributed by atoms with Crippen molar-refractivity contribution >= 4 is 11.7 Å². The molecule has 1 amide bonds. The van der Waals surface area contributed by atoms with E-state index in [1.165, 1.54) is 19.3 Å². The van der Waals surface area contributed by atoms with E-state index in [2.05, 4.69) is 22.7 Å². The van der Waals surface area contributed by atoms with Crippen LogP contribution in [0.5, 0.6) is 0 Å². The normalized spacial score (nSPS) is 10.5. The summed E-state index contributed by atoms with van der Waals surface area (Å²) in [5.41, 5.74) is 0. The molecule has 0 aromatic carbocycles. The second-order valence-electron chi connectivity index (χ2n) is 4.08. The molecular weight excluding hydrogens is 218 g/mol. The maximum absolute atomic E-state index is 11.5. The molecule has 0 atom stereocenters. The van der Waals surface area contributed by atoms with Crippen molar-refractivity contribution in [3.8, 4) is 0 Å². The number of aromatic nitrogens is 1. The van der Waals surface area contributed by atoms with Crippen LogP contribution in [0.15, 0.2) is 10.6 Å². The number of carbonyl (C=O) groups excluding carboxylic acids is 1. The summed E-state index contributed by atoms with van der Waals surface area (Å²) in [7, 11) is 0. The summed E-state index contributed by atoms with van der Waals surface area (Å²) in [6.45, 7) is 5.64. The molecule has 1 aromatic heterocycles. The fraction of sp³-hybridized carbons (Fsp3) is 0.667. The molecule has 5 nitrogen and oxygen atoms in total. The first-order valence-corrected chi connectivity index (χ1v) is 6.16. The number of hydrogen-bond acceptors (Lipinski definition) is 4. The predicted molar refractivity (Wildman–Crippen MR) is 66.9 cm³/mol. The first-order chi connectivity index (χ1) is 8.22. The number of amides is 1. The molecule has 96 valence electrons.